The second-order valence-electron chi connectivity index (χ2n) is 6.94. The summed E-state index contributed by atoms with van der Waals surface area (Å²) in [5.41, 5.74) is 4.85. The van der Waals surface area contributed by atoms with Crippen molar-refractivity contribution in [2.24, 2.45) is 5.10 Å². The van der Waals surface area contributed by atoms with Gasteiger partial charge in [-0.2, -0.15) is 5.10 Å². The standard InChI is InChI=1S/C24H21ClN4O4/c1-16-4-2-6-20(12-16)28-23(31)24(32)29-26-14-17-5-3-7-21(13-17)33-15-22(30)27-19-10-8-18(25)9-11-19/h2-14H,15H2,1H3,(H,27,30)(H,28,31)(H,29,32)/b26-14-. The van der Waals surface area contributed by atoms with Gasteiger partial charge in [-0.3, -0.25) is 14.4 Å². The highest BCUT2D eigenvalue weighted by atomic mass is 35.5. The van der Waals surface area contributed by atoms with Crippen LogP contribution in [-0.2, 0) is 14.4 Å². The quantitative estimate of drug-likeness (QED) is 0.281. The molecular formula is C24H21ClN4O4. The van der Waals surface area contributed by atoms with Crippen LogP contribution in [0.2, 0.25) is 5.02 Å². The van der Waals surface area contributed by atoms with Crippen LogP contribution in [0.25, 0.3) is 0 Å². The molecule has 0 spiro atoms. The Morgan fingerprint density at radius 3 is 2.42 bits per heavy atom. The van der Waals surface area contributed by atoms with Crippen molar-refractivity contribution < 1.29 is 19.1 Å². The van der Waals surface area contributed by atoms with Gasteiger partial charge in [-0.1, -0.05) is 35.9 Å². The van der Waals surface area contributed by atoms with E-state index in [4.69, 9.17) is 16.3 Å². The molecule has 3 aromatic carbocycles. The van der Waals surface area contributed by atoms with E-state index in [1.54, 1.807) is 66.7 Å². The monoisotopic (exact) mass is 464 g/mol. The summed E-state index contributed by atoms with van der Waals surface area (Å²) in [6.07, 6.45) is 1.36. The SMILES string of the molecule is Cc1cccc(NC(=O)C(=O)N/N=C\c2cccc(OCC(=O)Nc3ccc(Cl)cc3)c2)c1. The van der Waals surface area contributed by atoms with Crippen molar-refractivity contribution in [2.45, 2.75) is 6.92 Å². The number of halogens is 1. The Morgan fingerprint density at radius 1 is 0.909 bits per heavy atom. The van der Waals surface area contributed by atoms with Gasteiger partial charge in [0, 0.05) is 16.4 Å². The number of anilines is 2. The molecule has 0 radical (unpaired) electrons. The maximum Gasteiger partial charge on any atom is 0.329 e. The number of aryl methyl sites for hydroxylation is 1. The summed E-state index contributed by atoms with van der Waals surface area (Å²) in [6, 6.07) is 20.6. The van der Waals surface area contributed by atoms with Crippen molar-refractivity contribution in [1.82, 2.24) is 5.43 Å². The number of carbonyl (C=O) groups excluding carboxylic acids is 3. The van der Waals surface area contributed by atoms with Gasteiger partial charge in [0.2, 0.25) is 0 Å². The molecule has 0 fully saturated rings. The van der Waals surface area contributed by atoms with Crippen molar-refractivity contribution in [3.8, 4) is 5.75 Å². The number of amides is 3. The molecular weight excluding hydrogens is 444 g/mol. The lowest BCUT2D eigenvalue weighted by molar-refractivity contribution is -0.136. The minimum atomic E-state index is -0.904. The first-order chi connectivity index (χ1) is 15.9. The Labute approximate surface area is 195 Å². The van der Waals surface area contributed by atoms with Crippen LogP contribution < -0.4 is 20.8 Å². The lowest BCUT2D eigenvalue weighted by atomic mass is 10.2. The van der Waals surface area contributed by atoms with E-state index in [1.165, 1.54) is 6.21 Å². The number of carbonyl (C=O) groups is 3. The molecule has 3 rings (SSSR count). The first-order valence-corrected chi connectivity index (χ1v) is 10.3. The van der Waals surface area contributed by atoms with E-state index in [9.17, 15) is 14.4 Å². The molecule has 0 aliphatic heterocycles. The maximum absolute atomic E-state index is 12.0. The van der Waals surface area contributed by atoms with Crippen molar-refractivity contribution in [2.75, 3.05) is 17.2 Å². The molecule has 0 saturated carbocycles. The van der Waals surface area contributed by atoms with Gasteiger partial charge in [-0.25, -0.2) is 5.43 Å². The fraction of sp³-hybridized carbons (Fsp3) is 0.0833. The molecule has 3 aromatic rings. The summed E-state index contributed by atoms with van der Waals surface area (Å²) < 4.78 is 5.49. The minimum Gasteiger partial charge on any atom is -0.484 e. The highest BCUT2D eigenvalue weighted by molar-refractivity contribution is 6.39. The van der Waals surface area contributed by atoms with Crippen LogP contribution in [0.3, 0.4) is 0 Å². The molecule has 8 nitrogen and oxygen atoms in total. The van der Waals surface area contributed by atoms with Crippen LogP contribution in [0.15, 0.2) is 77.9 Å². The zero-order chi connectivity index (χ0) is 23.6. The summed E-state index contributed by atoms with van der Waals surface area (Å²) in [5, 5.41) is 9.56. The molecule has 0 saturated heterocycles. The van der Waals surface area contributed by atoms with E-state index in [1.807, 2.05) is 13.0 Å². The van der Waals surface area contributed by atoms with Crippen LogP contribution in [0.5, 0.6) is 5.75 Å². The van der Waals surface area contributed by atoms with E-state index in [0.29, 0.717) is 27.7 Å². The molecule has 33 heavy (non-hydrogen) atoms. The van der Waals surface area contributed by atoms with Gasteiger partial charge in [-0.05, 0) is 66.6 Å². The molecule has 9 heteroatoms. The van der Waals surface area contributed by atoms with Crippen molar-refractivity contribution in [3.05, 3.63) is 88.9 Å². The number of hydrazone groups is 1. The first-order valence-electron chi connectivity index (χ1n) is 9.88. The second-order valence-corrected chi connectivity index (χ2v) is 7.38. The summed E-state index contributed by atoms with van der Waals surface area (Å²) in [4.78, 5) is 35.9. The highest BCUT2D eigenvalue weighted by Gasteiger charge is 2.12. The van der Waals surface area contributed by atoms with Crippen LogP contribution in [0.4, 0.5) is 11.4 Å². The molecule has 168 valence electrons. The van der Waals surface area contributed by atoms with E-state index >= 15 is 0 Å². The van der Waals surface area contributed by atoms with Gasteiger partial charge in [0.15, 0.2) is 6.61 Å². The zero-order valence-electron chi connectivity index (χ0n) is 17.7. The average Bonchev–Trinajstić information content (AvgIpc) is 2.79. The van der Waals surface area contributed by atoms with Crippen molar-refractivity contribution in [1.29, 1.82) is 0 Å². The van der Waals surface area contributed by atoms with Crippen LogP contribution in [0.1, 0.15) is 11.1 Å². The minimum absolute atomic E-state index is 0.195. The number of benzene rings is 3. The Balaban J connectivity index is 1.47. The smallest absolute Gasteiger partial charge is 0.329 e. The summed E-state index contributed by atoms with van der Waals surface area (Å²) in [7, 11) is 0. The highest BCUT2D eigenvalue weighted by Crippen LogP contribution is 2.15. The molecule has 0 aromatic heterocycles. The molecule has 3 amide bonds. The van der Waals surface area contributed by atoms with Crippen LogP contribution in [0, 0.1) is 6.92 Å². The third-order valence-corrected chi connectivity index (χ3v) is 4.47. The van der Waals surface area contributed by atoms with Gasteiger partial charge in [0.25, 0.3) is 5.91 Å². The number of hydrogen-bond donors (Lipinski definition) is 3. The Bertz CT molecular complexity index is 1180. The second kappa shape index (κ2) is 11.4. The third kappa shape index (κ3) is 7.79. The number of rotatable bonds is 7. The molecule has 0 bridgehead atoms. The Hall–Kier alpha value is -4.17. The Morgan fingerprint density at radius 2 is 1.67 bits per heavy atom. The number of ether oxygens (including phenoxy) is 1. The van der Waals surface area contributed by atoms with Gasteiger partial charge >= 0.3 is 11.8 Å². The number of hydrogen-bond acceptors (Lipinski definition) is 5. The molecule has 0 atom stereocenters. The van der Waals surface area contributed by atoms with E-state index < -0.39 is 11.8 Å². The van der Waals surface area contributed by atoms with Crippen LogP contribution in [-0.4, -0.2) is 30.5 Å². The zero-order valence-corrected chi connectivity index (χ0v) is 18.4. The normalized spacial score (nSPS) is 10.5. The van der Waals surface area contributed by atoms with Gasteiger partial charge < -0.3 is 15.4 Å². The summed E-state index contributed by atoms with van der Waals surface area (Å²) in [5.74, 6) is -1.63. The third-order valence-electron chi connectivity index (χ3n) is 4.22. The Kier molecular flexibility index (Phi) is 8.15. The predicted octanol–water partition coefficient (Wildman–Crippen LogP) is 3.75. The molecule has 0 aliphatic rings. The lowest BCUT2D eigenvalue weighted by Gasteiger charge is -2.08. The fourth-order valence-corrected chi connectivity index (χ4v) is 2.82. The fourth-order valence-electron chi connectivity index (χ4n) is 2.69. The lowest BCUT2D eigenvalue weighted by Crippen LogP contribution is -2.32. The van der Waals surface area contributed by atoms with Crippen LogP contribution >= 0.6 is 11.6 Å². The van der Waals surface area contributed by atoms with Crippen molar-refractivity contribution >= 4 is 46.9 Å². The maximum atomic E-state index is 12.0. The molecule has 0 heterocycles. The van der Waals surface area contributed by atoms with Gasteiger partial charge in [0.1, 0.15) is 5.75 Å². The molecule has 0 unspecified atom stereocenters. The van der Waals surface area contributed by atoms with E-state index in [0.717, 1.165) is 5.56 Å². The largest absolute Gasteiger partial charge is 0.484 e. The number of nitrogens with zero attached hydrogens (tertiary/aromatic N) is 1. The topological polar surface area (TPSA) is 109 Å². The molecule has 3 N–H and O–H groups in total. The summed E-state index contributed by atoms with van der Waals surface area (Å²) >= 11 is 5.82. The first kappa shape index (κ1) is 23.5. The molecule has 0 aliphatic carbocycles. The average molecular weight is 465 g/mol. The van der Waals surface area contributed by atoms with E-state index in [2.05, 4.69) is 21.2 Å². The number of nitrogens with one attached hydrogen (secondary N) is 3. The summed E-state index contributed by atoms with van der Waals surface area (Å²) in [6.45, 7) is 1.68. The predicted molar refractivity (Wildman–Crippen MR) is 128 cm³/mol. The van der Waals surface area contributed by atoms with E-state index in [-0.39, 0.29) is 12.5 Å². The van der Waals surface area contributed by atoms with Crippen molar-refractivity contribution in [3.63, 3.8) is 0 Å². The van der Waals surface area contributed by atoms with Gasteiger partial charge in [0.05, 0.1) is 6.21 Å². The van der Waals surface area contributed by atoms with Gasteiger partial charge in [-0.15, -0.1) is 0 Å².